The van der Waals surface area contributed by atoms with Gasteiger partial charge in [-0.15, -0.1) is 0 Å². The Morgan fingerprint density at radius 1 is 1.33 bits per heavy atom. The van der Waals surface area contributed by atoms with Gasteiger partial charge in [0.15, 0.2) is 10.4 Å². The normalized spacial score (nSPS) is 19.9. The molecule has 2 saturated carbocycles. The molecule has 2 aromatic rings. The maximum Gasteiger partial charge on any atom is 0.179 e. The number of nitrogens with one attached hydrogen (secondary N) is 1. The zero-order valence-electron chi connectivity index (χ0n) is 10.5. The fourth-order valence-electron chi connectivity index (χ4n) is 3.08. The summed E-state index contributed by atoms with van der Waals surface area (Å²) in [6.07, 6.45) is 7.39. The monoisotopic (exact) mass is 259 g/mol. The Morgan fingerprint density at radius 2 is 2.00 bits per heavy atom. The van der Waals surface area contributed by atoms with E-state index in [1.807, 2.05) is 6.20 Å². The van der Waals surface area contributed by atoms with Gasteiger partial charge < -0.3 is 4.98 Å². The largest absolute Gasteiger partial charge is 0.329 e. The van der Waals surface area contributed by atoms with Crippen molar-refractivity contribution < 1.29 is 0 Å². The summed E-state index contributed by atoms with van der Waals surface area (Å²) in [5, 5.41) is 0. The first kappa shape index (κ1) is 10.7. The molecule has 0 amide bonds. The highest BCUT2D eigenvalue weighted by Gasteiger charge is 2.43. The summed E-state index contributed by atoms with van der Waals surface area (Å²) in [4.78, 5) is 7.94. The summed E-state index contributed by atoms with van der Waals surface area (Å²) in [7, 11) is 0. The molecule has 0 atom stereocenters. The Bertz CT molecular complexity index is 649. The molecule has 0 bridgehead atoms. The molecule has 1 N–H and O–H groups in total. The molecular formula is C14H17N3S. The summed E-state index contributed by atoms with van der Waals surface area (Å²) < 4.78 is 3.16. The van der Waals surface area contributed by atoms with Crippen molar-refractivity contribution in [2.75, 3.05) is 0 Å². The van der Waals surface area contributed by atoms with Crippen molar-refractivity contribution in [3.8, 4) is 0 Å². The van der Waals surface area contributed by atoms with Crippen LogP contribution in [0.1, 0.15) is 37.3 Å². The van der Waals surface area contributed by atoms with E-state index < -0.39 is 0 Å². The molecule has 4 rings (SSSR count). The molecule has 94 valence electrons. The Hall–Kier alpha value is -1.16. The average Bonchev–Trinajstić information content (AvgIpc) is 3.21. The van der Waals surface area contributed by atoms with Crippen LogP contribution in [0.5, 0.6) is 0 Å². The van der Waals surface area contributed by atoms with E-state index in [0.717, 1.165) is 27.8 Å². The quantitative estimate of drug-likeness (QED) is 0.851. The van der Waals surface area contributed by atoms with E-state index in [0.29, 0.717) is 6.04 Å². The van der Waals surface area contributed by atoms with Crippen molar-refractivity contribution in [2.45, 2.75) is 38.6 Å². The van der Waals surface area contributed by atoms with Crippen LogP contribution in [-0.2, 0) is 0 Å². The molecular weight excluding hydrogens is 242 g/mol. The van der Waals surface area contributed by atoms with Crippen LogP contribution in [0.15, 0.2) is 12.3 Å². The number of aromatic amines is 1. The van der Waals surface area contributed by atoms with E-state index in [1.54, 1.807) is 0 Å². The van der Waals surface area contributed by atoms with Crippen molar-refractivity contribution in [1.82, 2.24) is 14.5 Å². The predicted octanol–water partition coefficient (Wildman–Crippen LogP) is 3.76. The first-order chi connectivity index (χ1) is 8.74. The lowest BCUT2D eigenvalue weighted by Gasteiger charge is -2.17. The standard InChI is InChI=1S/C14H17N3S/c1-8-6-11-13(15-7-8)17(14(18)16-11)12(9-2-3-9)10-4-5-10/h6-7,9-10,12H,2-5H2,1H3,(H,16,18). The summed E-state index contributed by atoms with van der Waals surface area (Å²) in [6, 6.07) is 2.74. The molecule has 18 heavy (non-hydrogen) atoms. The van der Waals surface area contributed by atoms with Crippen LogP contribution < -0.4 is 0 Å². The highest BCUT2D eigenvalue weighted by atomic mass is 32.1. The lowest BCUT2D eigenvalue weighted by Crippen LogP contribution is -2.14. The molecule has 0 unspecified atom stereocenters. The molecule has 2 aliphatic carbocycles. The van der Waals surface area contributed by atoms with E-state index in [1.165, 1.54) is 31.2 Å². The summed E-state index contributed by atoms with van der Waals surface area (Å²) >= 11 is 5.53. The van der Waals surface area contributed by atoms with E-state index in [9.17, 15) is 0 Å². The number of imidazole rings is 1. The van der Waals surface area contributed by atoms with E-state index in [4.69, 9.17) is 12.2 Å². The van der Waals surface area contributed by atoms with Gasteiger partial charge in [-0.25, -0.2) is 4.98 Å². The Balaban J connectivity index is 1.92. The predicted molar refractivity (Wildman–Crippen MR) is 74.1 cm³/mol. The smallest absolute Gasteiger partial charge is 0.179 e. The lowest BCUT2D eigenvalue weighted by atomic mass is 10.1. The Morgan fingerprint density at radius 3 is 2.61 bits per heavy atom. The molecule has 2 aliphatic rings. The highest BCUT2D eigenvalue weighted by molar-refractivity contribution is 7.71. The highest BCUT2D eigenvalue weighted by Crippen LogP contribution is 2.52. The lowest BCUT2D eigenvalue weighted by molar-refractivity contribution is 0.398. The molecule has 0 aromatic carbocycles. The van der Waals surface area contributed by atoms with E-state index >= 15 is 0 Å². The topological polar surface area (TPSA) is 33.6 Å². The van der Waals surface area contributed by atoms with Gasteiger partial charge in [-0.3, -0.25) is 4.57 Å². The number of pyridine rings is 1. The number of fused-ring (bicyclic) bond motifs is 1. The van der Waals surface area contributed by atoms with E-state index in [-0.39, 0.29) is 0 Å². The van der Waals surface area contributed by atoms with Crippen LogP contribution in [0.4, 0.5) is 0 Å². The SMILES string of the molecule is Cc1cnc2c(c1)[nH]c(=S)n2C(C1CC1)C1CC1. The van der Waals surface area contributed by atoms with Crippen LogP contribution in [0.25, 0.3) is 11.2 Å². The molecule has 2 aromatic heterocycles. The molecule has 0 spiro atoms. The van der Waals surface area contributed by atoms with Gasteiger partial charge in [0, 0.05) is 12.2 Å². The maximum atomic E-state index is 5.53. The third-order valence-electron chi connectivity index (χ3n) is 4.20. The van der Waals surface area contributed by atoms with Crippen molar-refractivity contribution in [3.05, 3.63) is 22.6 Å². The number of hydrogen-bond donors (Lipinski definition) is 1. The number of nitrogens with zero attached hydrogens (tertiary/aromatic N) is 2. The summed E-state index contributed by atoms with van der Waals surface area (Å²) in [5.41, 5.74) is 3.32. The van der Waals surface area contributed by atoms with Crippen molar-refractivity contribution in [3.63, 3.8) is 0 Å². The van der Waals surface area contributed by atoms with Crippen LogP contribution in [-0.4, -0.2) is 14.5 Å². The molecule has 3 nitrogen and oxygen atoms in total. The zero-order valence-corrected chi connectivity index (χ0v) is 11.3. The van der Waals surface area contributed by atoms with Crippen molar-refractivity contribution in [2.24, 2.45) is 11.8 Å². The van der Waals surface area contributed by atoms with Gasteiger partial charge >= 0.3 is 0 Å². The first-order valence-electron chi connectivity index (χ1n) is 6.81. The minimum absolute atomic E-state index is 0.599. The molecule has 2 fully saturated rings. The number of H-pyrrole nitrogens is 1. The van der Waals surface area contributed by atoms with Gasteiger partial charge in [-0.2, -0.15) is 0 Å². The fraction of sp³-hybridized carbons (Fsp3) is 0.571. The van der Waals surface area contributed by atoms with Gasteiger partial charge in [-0.05, 0) is 68.3 Å². The summed E-state index contributed by atoms with van der Waals surface area (Å²) in [5.74, 6) is 1.68. The minimum Gasteiger partial charge on any atom is -0.329 e. The maximum absolute atomic E-state index is 5.53. The second kappa shape index (κ2) is 3.67. The van der Waals surface area contributed by atoms with Crippen molar-refractivity contribution in [1.29, 1.82) is 0 Å². The van der Waals surface area contributed by atoms with Gasteiger partial charge in [0.05, 0.1) is 5.52 Å². The fourth-order valence-corrected chi connectivity index (χ4v) is 3.39. The van der Waals surface area contributed by atoms with E-state index in [2.05, 4.69) is 27.5 Å². The third-order valence-corrected chi connectivity index (χ3v) is 4.50. The van der Waals surface area contributed by atoms with Gasteiger partial charge in [0.25, 0.3) is 0 Å². The molecule has 0 saturated heterocycles. The average molecular weight is 259 g/mol. The van der Waals surface area contributed by atoms with Crippen LogP contribution >= 0.6 is 12.2 Å². The third kappa shape index (κ3) is 1.62. The van der Waals surface area contributed by atoms with Crippen LogP contribution in [0.2, 0.25) is 0 Å². The van der Waals surface area contributed by atoms with Crippen molar-refractivity contribution >= 4 is 23.4 Å². The van der Waals surface area contributed by atoms with Gasteiger partial charge in [0.1, 0.15) is 0 Å². The van der Waals surface area contributed by atoms with Crippen LogP contribution in [0.3, 0.4) is 0 Å². The molecule has 0 aliphatic heterocycles. The van der Waals surface area contributed by atoms with Gasteiger partial charge in [-0.1, -0.05) is 0 Å². The number of aryl methyl sites for hydroxylation is 1. The second-order valence-corrected chi connectivity index (χ2v) is 6.24. The first-order valence-corrected chi connectivity index (χ1v) is 7.22. The van der Waals surface area contributed by atoms with Crippen LogP contribution in [0, 0.1) is 23.5 Å². The number of hydrogen-bond acceptors (Lipinski definition) is 2. The summed E-state index contributed by atoms with van der Waals surface area (Å²) in [6.45, 7) is 2.07. The second-order valence-electron chi connectivity index (χ2n) is 5.85. The zero-order chi connectivity index (χ0) is 12.3. The molecule has 4 heteroatoms. The van der Waals surface area contributed by atoms with Gasteiger partial charge in [0.2, 0.25) is 0 Å². The Kier molecular flexibility index (Phi) is 2.19. The molecule has 2 heterocycles. The Labute approximate surface area is 111 Å². The number of rotatable bonds is 3. The minimum atomic E-state index is 0.599. The number of aromatic nitrogens is 3. The molecule has 0 radical (unpaired) electrons.